The van der Waals surface area contributed by atoms with E-state index in [1.807, 2.05) is 0 Å². The number of methoxy groups -OCH3 is 1. The molecule has 16 heteroatoms. The Balaban J connectivity index is 3.00. The summed E-state index contributed by atoms with van der Waals surface area (Å²) in [4.78, 5) is 76.7. The molecule has 384 valence electrons. The van der Waals surface area contributed by atoms with Crippen LogP contribution in [0.4, 0.5) is 0 Å². The Morgan fingerprint density at radius 1 is 0.682 bits per heavy atom. The zero-order valence-corrected chi connectivity index (χ0v) is 42.6. The van der Waals surface area contributed by atoms with E-state index in [0.717, 1.165) is 63.1 Å². The van der Waals surface area contributed by atoms with Gasteiger partial charge in [0.2, 0.25) is 23.6 Å². The molecule has 1 aliphatic rings. The first-order valence-electron chi connectivity index (χ1n) is 25.7. The molecule has 0 radical (unpaired) electrons. The normalized spacial score (nSPS) is 19.7. The van der Waals surface area contributed by atoms with E-state index in [1.165, 1.54) is 143 Å². The first-order valence-corrected chi connectivity index (χ1v) is 26.6. The second-order valence-corrected chi connectivity index (χ2v) is 19.6. The molecular weight excluding hydrogens is 865 g/mol. The van der Waals surface area contributed by atoms with Crippen LogP contribution in [0, 0.1) is 5.92 Å². The Morgan fingerprint density at radius 3 is 1.55 bits per heavy atom. The number of carbonyl (C=O) groups is 6. The molecule has 0 saturated carbocycles. The molecule has 8 atom stereocenters. The number of esters is 1. The molecule has 1 saturated heterocycles. The summed E-state index contributed by atoms with van der Waals surface area (Å²) in [6.45, 7) is 7.93. The van der Waals surface area contributed by atoms with Crippen LogP contribution in [0.5, 0.6) is 0 Å². The van der Waals surface area contributed by atoms with E-state index in [4.69, 9.17) is 15.2 Å². The van der Waals surface area contributed by atoms with Crippen LogP contribution in [0.3, 0.4) is 0 Å². The fourth-order valence-corrected chi connectivity index (χ4v) is 9.64. The van der Waals surface area contributed by atoms with Gasteiger partial charge in [0, 0.05) is 19.3 Å². The fraction of sp³-hybridized carbons (Fsp3) is 0.880. The lowest BCUT2D eigenvalue weighted by atomic mass is 9.95. The van der Waals surface area contributed by atoms with Crippen molar-refractivity contribution in [2.24, 2.45) is 11.7 Å². The van der Waals surface area contributed by atoms with Crippen LogP contribution in [0.25, 0.3) is 0 Å². The molecule has 0 aliphatic carbocycles. The lowest BCUT2D eigenvalue weighted by Gasteiger charge is -2.44. The van der Waals surface area contributed by atoms with Crippen LogP contribution in [0.1, 0.15) is 214 Å². The Bertz CT molecular complexity index is 1330. The number of thioether (sulfide) groups is 1. The van der Waals surface area contributed by atoms with Crippen molar-refractivity contribution in [1.29, 1.82) is 0 Å². The second-order valence-electron chi connectivity index (χ2n) is 18.5. The van der Waals surface area contributed by atoms with Gasteiger partial charge in [-0.2, -0.15) is 0 Å². The average Bonchev–Trinajstić information content (AvgIpc) is 3.28. The summed E-state index contributed by atoms with van der Waals surface area (Å²) >= 11 is 0.939. The van der Waals surface area contributed by atoms with Gasteiger partial charge in [0.15, 0.2) is 5.12 Å². The number of hydrogen-bond donors (Lipinski definition) is 6. The van der Waals surface area contributed by atoms with Crippen molar-refractivity contribution in [1.82, 2.24) is 16.0 Å². The predicted molar refractivity (Wildman–Crippen MR) is 261 cm³/mol. The minimum Gasteiger partial charge on any atom is -0.469 e. The maximum absolute atomic E-state index is 14.3. The van der Waals surface area contributed by atoms with E-state index in [-0.39, 0.29) is 23.9 Å². The van der Waals surface area contributed by atoms with Crippen LogP contribution >= 0.6 is 11.8 Å². The van der Waals surface area contributed by atoms with Gasteiger partial charge in [-0.15, -0.1) is 0 Å². The summed E-state index contributed by atoms with van der Waals surface area (Å²) < 4.78 is 16.8. The molecule has 0 bridgehead atoms. The lowest BCUT2D eigenvalue weighted by molar-refractivity contribution is -0.200. The fourth-order valence-electron chi connectivity index (χ4n) is 8.41. The van der Waals surface area contributed by atoms with Gasteiger partial charge >= 0.3 is 5.97 Å². The third-order valence-corrected chi connectivity index (χ3v) is 13.8. The first kappa shape index (κ1) is 61.2. The van der Waals surface area contributed by atoms with Crippen molar-refractivity contribution < 1.29 is 53.2 Å². The minimum atomic E-state index is -1.50. The topological polar surface area (TPSA) is 233 Å². The molecule has 7 N–H and O–H groups in total. The number of unbranched alkanes of at least 4 members (excludes halogenated alkanes) is 22. The van der Waals surface area contributed by atoms with Gasteiger partial charge in [-0.05, 0) is 33.1 Å². The molecule has 66 heavy (non-hydrogen) atoms. The van der Waals surface area contributed by atoms with E-state index in [9.17, 15) is 39.0 Å². The standard InChI is InChI=1S/C50H92N4O11S/c1-7-9-11-13-15-17-19-21-23-25-27-29-31-39(32-30-28-26-24-22-20-18-16-14-12-10-8-2)49(62)66-50-43(53-38(5)56)45(44(58)41(35-55)65-50)64-37(4)48(61)52-36(3)47(60)54-40(46(51)59)33-34-42(57)63-6/h36-37,39-41,43-45,50,55,58H,7-35H2,1-6H3,(H2,51,59)(H,52,61)(H,53,56)(H,54,60)/t36-,37?,40-,41+,43+,44+,45-,50-/m0/s1. The van der Waals surface area contributed by atoms with E-state index in [0.29, 0.717) is 0 Å². The summed E-state index contributed by atoms with van der Waals surface area (Å²) in [6, 6.07) is -3.45. The van der Waals surface area contributed by atoms with E-state index >= 15 is 0 Å². The predicted octanol–water partition coefficient (Wildman–Crippen LogP) is 7.83. The number of nitrogens with one attached hydrogen (secondary N) is 3. The smallest absolute Gasteiger partial charge is 0.305 e. The monoisotopic (exact) mass is 957 g/mol. The van der Waals surface area contributed by atoms with Crippen molar-refractivity contribution in [2.75, 3.05) is 13.7 Å². The van der Waals surface area contributed by atoms with Crippen LogP contribution < -0.4 is 21.7 Å². The molecule has 0 aromatic rings. The molecule has 0 aromatic heterocycles. The van der Waals surface area contributed by atoms with Gasteiger partial charge in [0.25, 0.3) is 0 Å². The highest BCUT2D eigenvalue weighted by atomic mass is 32.2. The molecule has 4 amide bonds. The van der Waals surface area contributed by atoms with Gasteiger partial charge in [0.1, 0.15) is 41.9 Å². The van der Waals surface area contributed by atoms with Crippen molar-refractivity contribution in [2.45, 2.75) is 262 Å². The van der Waals surface area contributed by atoms with Crippen LogP contribution in [-0.4, -0.2) is 107 Å². The largest absolute Gasteiger partial charge is 0.469 e. The summed E-state index contributed by atoms with van der Waals surface area (Å²) in [5, 5.41) is 29.3. The number of aliphatic hydroxyl groups excluding tert-OH is 2. The third-order valence-electron chi connectivity index (χ3n) is 12.6. The van der Waals surface area contributed by atoms with Crippen molar-refractivity contribution in [3.8, 4) is 0 Å². The van der Waals surface area contributed by atoms with Gasteiger partial charge in [-0.25, -0.2) is 0 Å². The van der Waals surface area contributed by atoms with E-state index < -0.39 is 84.2 Å². The van der Waals surface area contributed by atoms with E-state index in [2.05, 4.69) is 34.5 Å². The zero-order valence-electron chi connectivity index (χ0n) is 41.8. The number of nitrogens with two attached hydrogens (primary N) is 1. The lowest BCUT2D eigenvalue weighted by Crippen LogP contribution is -2.65. The van der Waals surface area contributed by atoms with Gasteiger partial charge in [-0.1, -0.05) is 180 Å². The summed E-state index contributed by atoms with van der Waals surface area (Å²) in [5.41, 5.74) is 4.37. The van der Waals surface area contributed by atoms with Crippen LogP contribution in [-0.2, 0) is 43.0 Å². The van der Waals surface area contributed by atoms with Crippen LogP contribution in [0.2, 0.25) is 0 Å². The number of ether oxygens (including phenoxy) is 3. The molecule has 1 fully saturated rings. The number of aliphatic hydroxyl groups is 2. The number of primary amides is 1. The van der Waals surface area contributed by atoms with Crippen LogP contribution in [0.15, 0.2) is 0 Å². The minimum absolute atomic E-state index is 0.0835. The molecule has 1 rings (SSSR count). The molecule has 1 unspecified atom stereocenters. The number of amides is 4. The summed E-state index contributed by atoms with van der Waals surface area (Å²) in [7, 11) is 1.19. The van der Waals surface area contributed by atoms with Crippen molar-refractivity contribution in [3.63, 3.8) is 0 Å². The van der Waals surface area contributed by atoms with E-state index in [1.54, 1.807) is 0 Å². The Labute approximate surface area is 402 Å². The van der Waals surface area contributed by atoms with Gasteiger partial charge in [-0.3, -0.25) is 28.8 Å². The Kier molecular flexibility index (Phi) is 35.3. The SMILES string of the molecule is CCCCCCCCCCCCCCC(CCCCCCCCCCCCCC)C(=O)S[C@@H]1O[C@H](CO)[C@@H](O)[C@@H](OC(C)C(=O)N[C@@H](C)C(=O)N[C@@H](CCC(=O)OC)C(N)=O)[C@H]1NC(C)=O. The maximum Gasteiger partial charge on any atom is 0.305 e. The average molecular weight is 957 g/mol. The summed E-state index contributed by atoms with van der Waals surface area (Å²) in [6.07, 6.45) is 25.3. The molecule has 0 spiro atoms. The van der Waals surface area contributed by atoms with Gasteiger partial charge < -0.3 is 46.1 Å². The molecule has 15 nitrogen and oxygen atoms in total. The molecule has 1 aliphatic heterocycles. The highest BCUT2D eigenvalue weighted by molar-refractivity contribution is 8.14. The number of carbonyl (C=O) groups excluding carboxylic acids is 6. The van der Waals surface area contributed by atoms with Gasteiger partial charge in [0.05, 0.1) is 19.8 Å². The highest BCUT2D eigenvalue weighted by Crippen LogP contribution is 2.35. The molecular formula is C50H92N4O11S. The third kappa shape index (κ3) is 27.3. The molecule has 0 aromatic carbocycles. The summed E-state index contributed by atoms with van der Waals surface area (Å²) in [5.74, 6) is -3.68. The van der Waals surface area contributed by atoms with Crippen molar-refractivity contribution >= 4 is 46.5 Å². The second kappa shape index (κ2) is 38.1. The molecule has 1 heterocycles. The highest BCUT2D eigenvalue weighted by Gasteiger charge is 2.48. The quantitative estimate of drug-likeness (QED) is 0.0255. The number of rotatable bonds is 40. The maximum atomic E-state index is 14.3. The van der Waals surface area contributed by atoms with Crippen molar-refractivity contribution in [3.05, 3.63) is 0 Å². The zero-order chi connectivity index (χ0) is 49.1. The first-order chi connectivity index (χ1) is 31.7. The Hall–Kier alpha value is -2.79. The number of hydrogen-bond acceptors (Lipinski definition) is 12. The Morgan fingerprint density at radius 2 is 1.14 bits per heavy atom.